The van der Waals surface area contributed by atoms with Crippen molar-refractivity contribution in [2.45, 2.75) is 38.6 Å². The number of amides is 2. The van der Waals surface area contributed by atoms with Crippen molar-refractivity contribution < 1.29 is 24.2 Å². The van der Waals surface area contributed by atoms with Crippen LogP contribution in [-0.4, -0.2) is 35.5 Å². The van der Waals surface area contributed by atoms with Crippen LogP contribution in [0.3, 0.4) is 0 Å². The first-order chi connectivity index (χ1) is 11.0. The number of aryl methyl sites for hydroxylation is 1. The number of nitrogens with one attached hydrogen (secondary N) is 2. The van der Waals surface area contributed by atoms with Crippen molar-refractivity contribution in [2.24, 2.45) is 0 Å². The maximum atomic E-state index is 11.5. The average Bonchev–Trinajstić information content (AvgIpc) is 2.51. The third-order valence-corrected chi connectivity index (χ3v) is 3.54. The third-order valence-electron chi connectivity index (χ3n) is 3.54. The summed E-state index contributed by atoms with van der Waals surface area (Å²) in [7, 11) is 0. The minimum absolute atomic E-state index is 0.0211. The van der Waals surface area contributed by atoms with Crippen molar-refractivity contribution in [1.29, 1.82) is 0 Å². The van der Waals surface area contributed by atoms with Crippen LogP contribution in [0.15, 0.2) is 18.2 Å². The number of carboxylic acid groups (broad SMARTS) is 1. The first-order valence-electron chi connectivity index (χ1n) is 7.53. The number of carbonyl (C=O) groups excluding carboxylic acids is 2. The third kappa shape index (κ3) is 4.98. The van der Waals surface area contributed by atoms with E-state index in [9.17, 15) is 14.4 Å². The van der Waals surface area contributed by atoms with E-state index in [2.05, 4.69) is 10.6 Å². The van der Waals surface area contributed by atoms with Gasteiger partial charge in [-0.3, -0.25) is 14.4 Å². The Morgan fingerprint density at radius 2 is 2.17 bits per heavy atom. The van der Waals surface area contributed by atoms with Crippen LogP contribution < -0.4 is 15.4 Å². The van der Waals surface area contributed by atoms with Crippen LogP contribution >= 0.6 is 0 Å². The van der Waals surface area contributed by atoms with Gasteiger partial charge in [-0.25, -0.2) is 0 Å². The Hall–Kier alpha value is -2.57. The summed E-state index contributed by atoms with van der Waals surface area (Å²) >= 11 is 0. The maximum absolute atomic E-state index is 11.5. The van der Waals surface area contributed by atoms with E-state index in [1.54, 1.807) is 6.07 Å². The van der Waals surface area contributed by atoms with E-state index in [4.69, 9.17) is 9.84 Å². The van der Waals surface area contributed by atoms with E-state index in [0.717, 1.165) is 11.3 Å². The molecule has 0 saturated heterocycles. The van der Waals surface area contributed by atoms with Gasteiger partial charge in [0.15, 0.2) is 0 Å². The second-order valence-corrected chi connectivity index (χ2v) is 5.45. The van der Waals surface area contributed by atoms with Crippen LogP contribution in [0.5, 0.6) is 5.75 Å². The highest BCUT2D eigenvalue weighted by molar-refractivity contribution is 5.94. The molecular formula is C16H20N2O5. The number of ether oxygens (including phenoxy) is 1. The fourth-order valence-corrected chi connectivity index (χ4v) is 2.25. The Balaban J connectivity index is 1.73. The van der Waals surface area contributed by atoms with Gasteiger partial charge in [0, 0.05) is 18.5 Å². The number of rotatable bonds is 7. The van der Waals surface area contributed by atoms with Crippen LogP contribution in [0.4, 0.5) is 5.69 Å². The summed E-state index contributed by atoms with van der Waals surface area (Å²) < 4.78 is 5.59. The quantitative estimate of drug-likeness (QED) is 0.657. The summed E-state index contributed by atoms with van der Waals surface area (Å²) in [5, 5.41) is 13.9. The molecule has 0 aromatic heterocycles. The zero-order chi connectivity index (χ0) is 16.8. The van der Waals surface area contributed by atoms with Crippen molar-refractivity contribution in [3.63, 3.8) is 0 Å². The van der Waals surface area contributed by atoms with E-state index in [0.29, 0.717) is 31.6 Å². The van der Waals surface area contributed by atoms with Gasteiger partial charge in [-0.15, -0.1) is 0 Å². The predicted octanol–water partition coefficient (Wildman–Crippen LogP) is 1.32. The lowest BCUT2D eigenvalue weighted by molar-refractivity contribution is -0.141. The molecule has 2 amide bonds. The zero-order valence-electron chi connectivity index (χ0n) is 12.9. The molecule has 1 heterocycles. The Bertz CT molecular complexity index is 614. The number of anilines is 1. The minimum Gasteiger partial charge on any atom is -0.494 e. The molecule has 0 saturated carbocycles. The van der Waals surface area contributed by atoms with Gasteiger partial charge in [0.25, 0.3) is 0 Å². The predicted molar refractivity (Wildman–Crippen MR) is 83.4 cm³/mol. The molecule has 0 radical (unpaired) electrons. The van der Waals surface area contributed by atoms with Crippen molar-refractivity contribution in [3.05, 3.63) is 23.8 Å². The number of fused-ring (bicyclic) bond motifs is 1. The van der Waals surface area contributed by atoms with Crippen LogP contribution in [0, 0.1) is 0 Å². The minimum atomic E-state index is -1.06. The van der Waals surface area contributed by atoms with Gasteiger partial charge in [0.1, 0.15) is 11.8 Å². The van der Waals surface area contributed by atoms with E-state index in [-0.39, 0.29) is 18.2 Å². The molecule has 0 spiro atoms. The van der Waals surface area contributed by atoms with Crippen molar-refractivity contribution >= 4 is 23.5 Å². The van der Waals surface area contributed by atoms with Crippen LogP contribution in [0.25, 0.3) is 0 Å². The first kappa shape index (κ1) is 16.8. The lowest BCUT2D eigenvalue weighted by atomic mass is 10.0. The van der Waals surface area contributed by atoms with Crippen molar-refractivity contribution in [3.8, 4) is 5.75 Å². The fourth-order valence-electron chi connectivity index (χ4n) is 2.25. The van der Waals surface area contributed by atoms with E-state index < -0.39 is 12.0 Å². The molecule has 124 valence electrons. The normalized spacial score (nSPS) is 14.4. The molecule has 2 rings (SSSR count). The van der Waals surface area contributed by atoms with Gasteiger partial charge in [-0.2, -0.15) is 0 Å². The van der Waals surface area contributed by atoms with Crippen LogP contribution in [0.2, 0.25) is 0 Å². The second-order valence-electron chi connectivity index (χ2n) is 5.45. The fraction of sp³-hybridized carbons (Fsp3) is 0.438. The summed E-state index contributed by atoms with van der Waals surface area (Å²) in [6.07, 6.45) is 1.86. The molecule has 1 aromatic carbocycles. The number of carboxylic acids is 1. The first-order valence-corrected chi connectivity index (χ1v) is 7.53. The summed E-state index contributed by atoms with van der Waals surface area (Å²) in [5.41, 5.74) is 1.85. The van der Waals surface area contributed by atoms with Gasteiger partial charge < -0.3 is 20.5 Å². The number of hydrogen-bond donors (Lipinski definition) is 3. The number of aliphatic carboxylic acids is 1. The SMILES string of the molecule is C[C@@H](NC(=O)CCCOc1ccc2c(c1)CCC(=O)N2)C(=O)O. The highest BCUT2D eigenvalue weighted by Gasteiger charge is 2.15. The highest BCUT2D eigenvalue weighted by Crippen LogP contribution is 2.26. The number of benzene rings is 1. The second kappa shape index (κ2) is 7.62. The lowest BCUT2D eigenvalue weighted by Gasteiger charge is -2.17. The summed E-state index contributed by atoms with van der Waals surface area (Å²) in [5.74, 6) is -0.653. The number of carbonyl (C=O) groups is 3. The standard InChI is InChI=1S/C16H20N2O5/c1-10(16(21)22)17-14(19)3-2-8-23-12-5-6-13-11(9-12)4-7-15(20)18-13/h5-6,9-10H,2-4,7-8H2,1H3,(H,17,19)(H,18,20)(H,21,22)/t10-/m1/s1. The molecule has 1 aliphatic rings. The van der Waals surface area contributed by atoms with Crippen LogP contribution in [-0.2, 0) is 20.8 Å². The molecule has 1 aliphatic heterocycles. The maximum Gasteiger partial charge on any atom is 0.325 e. The molecule has 7 nitrogen and oxygen atoms in total. The molecule has 1 aromatic rings. The van der Waals surface area contributed by atoms with Gasteiger partial charge in [0.2, 0.25) is 11.8 Å². The van der Waals surface area contributed by atoms with Gasteiger partial charge in [-0.05, 0) is 43.5 Å². The topological polar surface area (TPSA) is 105 Å². The van der Waals surface area contributed by atoms with Gasteiger partial charge in [-0.1, -0.05) is 0 Å². The van der Waals surface area contributed by atoms with Gasteiger partial charge in [0.05, 0.1) is 6.61 Å². The van der Waals surface area contributed by atoms with Crippen molar-refractivity contribution in [1.82, 2.24) is 5.32 Å². The molecule has 0 aliphatic carbocycles. The Morgan fingerprint density at radius 3 is 2.91 bits per heavy atom. The summed E-state index contributed by atoms with van der Waals surface area (Å²) in [6, 6.07) is 4.58. The lowest BCUT2D eigenvalue weighted by Crippen LogP contribution is -2.38. The number of hydrogen-bond acceptors (Lipinski definition) is 4. The molecule has 0 fully saturated rings. The molecule has 0 unspecified atom stereocenters. The van der Waals surface area contributed by atoms with E-state index in [1.165, 1.54) is 6.92 Å². The summed E-state index contributed by atoms with van der Waals surface area (Å²) in [6.45, 7) is 1.78. The molecule has 1 atom stereocenters. The van der Waals surface area contributed by atoms with Gasteiger partial charge >= 0.3 is 5.97 Å². The molecule has 7 heteroatoms. The summed E-state index contributed by atoms with van der Waals surface area (Å²) in [4.78, 5) is 33.4. The molecular weight excluding hydrogens is 300 g/mol. The van der Waals surface area contributed by atoms with Crippen LogP contribution in [0.1, 0.15) is 31.7 Å². The monoisotopic (exact) mass is 320 g/mol. The highest BCUT2D eigenvalue weighted by atomic mass is 16.5. The Morgan fingerprint density at radius 1 is 1.39 bits per heavy atom. The zero-order valence-corrected chi connectivity index (χ0v) is 12.9. The Kier molecular flexibility index (Phi) is 5.56. The van der Waals surface area contributed by atoms with E-state index >= 15 is 0 Å². The molecule has 23 heavy (non-hydrogen) atoms. The smallest absolute Gasteiger partial charge is 0.325 e. The molecule has 3 N–H and O–H groups in total. The Labute approximate surface area is 134 Å². The van der Waals surface area contributed by atoms with E-state index in [1.807, 2.05) is 12.1 Å². The largest absolute Gasteiger partial charge is 0.494 e. The molecule has 0 bridgehead atoms. The average molecular weight is 320 g/mol. The van der Waals surface area contributed by atoms with Crippen molar-refractivity contribution in [2.75, 3.05) is 11.9 Å².